The monoisotopic (exact) mass is 402 g/mol. The molecule has 10 heteroatoms. The Labute approximate surface area is 164 Å². The van der Waals surface area contributed by atoms with Crippen molar-refractivity contribution in [3.8, 4) is 0 Å². The van der Waals surface area contributed by atoms with E-state index in [0.29, 0.717) is 23.4 Å². The Balaban J connectivity index is 1.59. The number of nitrogens with zero attached hydrogens (tertiary/aromatic N) is 5. The van der Waals surface area contributed by atoms with Gasteiger partial charge in [-0.25, -0.2) is 27.6 Å². The van der Waals surface area contributed by atoms with Gasteiger partial charge >= 0.3 is 5.69 Å². The highest BCUT2D eigenvalue weighted by molar-refractivity contribution is 5.90. The van der Waals surface area contributed by atoms with Crippen molar-refractivity contribution in [3.63, 3.8) is 0 Å². The summed E-state index contributed by atoms with van der Waals surface area (Å²) in [5.41, 5.74) is -0.298. The summed E-state index contributed by atoms with van der Waals surface area (Å²) in [7, 11) is 0. The van der Waals surface area contributed by atoms with Crippen LogP contribution in [0, 0.1) is 17.6 Å². The number of benzene rings is 1. The minimum Gasteiger partial charge on any atom is -0.353 e. The Morgan fingerprint density at radius 2 is 2.17 bits per heavy atom. The smallest absolute Gasteiger partial charge is 0.350 e. The number of fused-ring (bicyclic) bond motifs is 1. The van der Waals surface area contributed by atoms with Gasteiger partial charge in [0, 0.05) is 31.5 Å². The molecule has 0 aliphatic carbocycles. The molecule has 3 aromatic rings. The quantitative estimate of drug-likeness (QED) is 0.722. The lowest BCUT2D eigenvalue weighted by molar-refractivity contribution is -0.117. The number of hydrogen-bond acceptors (Lipinski definition) is 5. The van der Waals surface area contributed by atoms with Gasteiger partial charge in [-0.05, 0) is 30.9 Å². The van der Waals surface area contributed by atoms with Crippen molar-refractivity contribution < 1.29 is 13.6 Å². The molecule has 1 aliphatic heterocycles. The lowest BCUT2D eigenvalue weighted by Crippen LogP contribution is -2.35. The van der Waals surface area contributed by atoms with E-state index in [1.54, 1.807) is 0 Å². The molecule has 29 heavy (non-hydrogen) atoms. The molecule has 1 fully saturated rings. The molecule has 2 aromatic heterocycles. The van der Waals surface area contributed by atoms with Crippen molar-refractivity contribution in [3.05, 3.63) is 52.7 Å². The van der Waals surface area contributed by atoms with Crippen LogP contribution in [0.5, 0.6) is 0 Å². The fraction of sp³-hybridized carbons (Fsp3) is 0.368. The summed E-state index contributed by atoms with van der Waals surface area (Å²) in [6, 6.07) is 2.83. The van der Waals surface area contributed by atoms with Crippen molar-refractivity contribution in [2.24, 2.45) is 5.92 Å². The molecule has 3 heterocycles. The third kappa shape index (κ3) is 3.82. The number of halogens is 2. The maximum atomic E-state index is 13.7. The zero-order valence-corrected chi connectivity index (χ0v) is 15.8. The summed E-state index contributed by atoms with van der Waals surface area (Å²) in [5.74, 6) is -1.19. The second-order valence-corrected chi connectivity index (χ2v) is 7.25. The number of carbonyl (C=O) groups excluding carboxylic acids is 1. The Morgan fingerprint density at radius 1 is 1.34 bits per heavy atom. The number of amides is 1. The van der Waals surface area contributed by atoms with Crippen LogP contribution in [0.2, 0.25) is 0 Å². The van der Waals surface area contributed by atoms with Crippen LogP contribution in [0.15, 0.2) is 35.4 Å². The highest BCUT2D eigenvalue weighted by Gasteiger charge is 2.22. The van der Waals surface area contributed by atoms with Crippen LogP contribution in [-0.2, 0) is 11.3 Å². The van der Waals surface area contributed by atoms with Gasteiger partial charge in [-0.3, -0.25) is 4.79 Å². The molecule has 1 N–H and O–H groups in total. The largest absolute Gasteiger partial charge is 0.353 e. The van der Waals surface area contributed by atoms with Gasteiger partial charge < -0.3 is 10.2 Å². The maximum absolute atomic E-state index is 13.7. The fourth-order valence-electron chi connectivity index (χ4n) is 3.56. The predicted molar refractivity (Wildman–Crippen MR) is 103 cm³/mol. The van der Waals surface area contributed by atoms with Gasteiger partial charge in [0.2, 0.25) is 11.6 Å². The van der Waals surface area contributed by atoms with E-state index in [-0.39, 0.29) is 5.69 Å². The minimum atomic E-state index is -0.897. The van der Waals surface area contributed by atoms with E-state index in [1.807, 2.05) is 0 Å². The summed E-state index contributed by atoms with van der Waals surface area (Å²) in [4.78, 5) is 31.4. The topological polar surface area (TPSA) is 84.5 Å². The van der Waals surface area contributed by atoms with Crippen LogP contribution in [0.1, 0.15) is 19.8 Å². The SMILES string of the molecule is C[C@H]1CCCN(c2nccn3c(=O)n(CC(=O)Nc4ccc(F)cc4F)nc23)C1. The van der Waals surface area contributed by atoms with Crippen LogP contribution in [-0.4, -0.2) is 38.2 Å². The molecular weight excluding hydrogens is 382 g/mol. The summed E-state index contributed by atoms with van der Waals surface area (Å²) < 4.78 is 29.1. The van der Waals surface area contributed by atoms with E-state index in [4.69, 9.17) is 0 Å². The number of rotatable bonds is 4. The average Bonchev–Trinajstić information content (AvgIpc) is 3.00. The maximum Gasteiger partial charge on any atom is 0.350 e. The number of carbonyl (C=O) groups is 1. The van der Waals surface area contributed by atoms with Gasteiger partial charge in [0.05, 0.1) is 5.69 Å². The van der Waals surface area contributed by atoms with Crippen molar-refractivity contribution in [1.29, 1.82) is 0 Å². The second-order valence-electron chi connectivity index (χ2n) is 7.25. The Bertz CT molecular complexity index is 1130. The number of aromatic nitrogens is 4. The van der Waals surface area contributed by atoms with E-state index >= 15 is 0 Å². The molecule has 0 bridgehead atoms. The summed E-state index contributed by atoms with van der Waals surface area (Å²) in [6.45, 7) is 3.39. The Morgan fingerprint density at radius 3 is 2.93 bits per heavy atom. The van der Waals surface area contributed by atoms with E-state index in [9.17, 15) is 18.4 Å². The number of anilines is 2. The van der Waals surface area contributed by atoms with Crippen LogP contribution in [0.3, 0.4) is 0 Å². The molecule has 0 unspecified atom stereocenters. The third-order valence-electron chi connectivity index (χ3n) is 4.94. The fourth-order valence-corrected chi connectivity index (χ4v) is 3.56. The summed E-state index contributed by atoms with van der Waals surface area (Å²) in [5, 5.41) is 6.60. The Kier molecular flexibility index (Phi) is 4.99. The molecule has 1 atom stereocenters. The molecule has 0 radical (unpaired) electrons. The number of hydrogen-bond donors (Lipinski definition) is 1. The van der Waals surface area contributed by atoms with Crippen LogP contribution in [0.25, 0.3) is 5.65 Å². The molecular formula is C19H20F2N6O2. The van der Waals surface area contributed by atoms with Gasteiger partial charge in [-0.2, -0.15) is 0 Å². The highest BCUT2D eigenvalue weighted by Crippen LogP contribution is 2.23. The molecule has 8 nitrogen and oxygen atoms in total. The zero-order valence-electron chi connectivity index (χ0n) is 15.8. The lowest BCUT2D eigenvalue weighted by Gasteiger charge is -2.31. The first kappa shape index (κ1) is 19.0. The highest BCUT2D eigenvalue weighted by atomic mass is 19.1. The molecule has 0 saturated carbocycles. The molecule has 152 valence electrons. The second kappa shape index (κ2) is 7.61. The van der Waals surface area contributed by atoms with Gasteiger partial charge in [-0.15, -0.1) is 5.10 Å². The van der Waals surface area contributed by atoms with Crippen molar-refractivity contribution in [1.82, 2.24) is 19.2 Å². The molecule has 1 amide bonds. The van der Waals surface area contributed by atoms with Crippen LogP contribution >= 0.6 is 0 Å². The minimum absolute atomic E-state index is 0.169. The zero-order chi connectivity index (χ0) is 20.5. The first-order valence-corrected chi connectivity index (χ1v) is 9.36. The third-order valence-corrected chi connectivity index (χ3v) is 4.94. The number of piperidine rings is 1. The van der Waals surface area contributed by atoms with Crippen molar-refractivity contribution in [2.75, 3.05) is 23.3 Å². The van der Waals surface area contributed by atoms with E-state index < -0.39 is 29.8 Å². The molecule has 1 saturated heterocycles. The van der Waals surface area contributed by atoms with Crippen molar-refractivity contribution in [2.45, 2.75) is 26.3 Å². The van der Waals surface area contributed by atoms with Crippen LogP contribution < -0.4 is 15.9 Å². The molecule has 1 aromatic carbocycles. The molecule has 1 aliphatic rings. The van der Waals surface area contributed by atoms with Crippen LogP contribution in [0.4, 0.5) is 20.3 Å². The van der Waals surface area contributed by atoms with E-state index in [1.165, 1.54) is 16.8 Å². The summed E-state index contributed by atoms with van der Waals surface area (Å²) >= 11 is 0. The Hall–Kier alpha value is -3.30. The number of nitrogens with one attached hydrogen (secondary N) is 1. The van der Waals surface area contributed by atoms with Gasteiger partial charge in [-0.1, -0.05) is 6.92 Å². The van der Waals surface area contributed by atoms with E-state index in [0.717, 1.165) is 42.7 Å². The van der Waals surface area contributed by atoms with Gasteiger partial charge in [0.1, 0.15) is 18.2 Å². The van der Waals surface area contributed by atoms with E-state index in [2.05, 4.69) is 27.2 Å². The average molecular weight is 402 g/mol. The first-order chi connectivity index (χ1) is 13.9. The van der Waals surface area contributed by atoms with Gasteiger partial charge in [0.25, 0.3) is 0 Å². The first-order valence-electron chi connectivity index (χ1n) is 9.36. The molecule has 0 spiro atoms. The predicted octanol–water partition coefficient (Wildman–Crippen LogP) is 2.04. The standard InChI is InChI=1S/C19H20F2N6O2/c1-12-3-2-7-25(10-12)17-18-24-27(19(29)26(18)8-6-22-17)11-16(28)23-15-5-4-13(20)9-14(15)21/h4-6,8-9,12H,2-3,7,10-11H2,1H3,(H,23,28)/t12-/m0/s1. The van der Waals surface area contributed by atoms with Gasteiger partial charge in [0.15, 0.2) is 5.82 Å². The summed E-state index contributed by atoms with van der Waals surface area (Å²) in [6.07, 6.45) is 5.19. The molecule has 4 rings (SSSR count). The van der Waals surface area contributed by atoms with Crippen molar-refractivity contribution >= 4 is 23.1 Å². The normalized spacial score (nSPS) is 16.9. The lowest BCUT2D eigenvalue weighted by atomic mass is 10.0.